The van der Waals surface area contributed by atoms with Gasteiger partial charge < -0.3 is 10.4 Å². The lowest BCUT2D eigenvalue weighted by Crippen LogP contribution is -2.39. The number of hydrogen-bond donors (Lipinski definition) is 2. The van der Waals surface area contributed by atoms with Gasteiger partial charge in [0.2, 0.25) is 5.91 Å². The Kier molecular flexibility index (Phi) is 5.17. The summed E-state index contributed by atoms with van der Waals surface area (Å²) in [5.74, 6) is -3.61. The highest BCUT2D eigenvalue weighted by Crippen LogP contribution is 2.22. The van der Waals surface area contributed by atoms with E-state index in [1.807, 2.05) is 17.5 Å². The number of carbonyl (C=O) groups excluding carboxylic acids is 1. The van der Waals surface area contributed by atoms with E-state index in [0.717, 1.165) is 4.21 Å². The second-order valence-electron chi connectivity index (χ2n) is 3.01. The van der Waals surface area contributed by atoms with Crippen molar-refractivity contribution >= 4 is 29.0 Å². The van der Waals surface area contributed by atoms with Gasteiger partial charge in [-0.05, 0) is 11.4 Å². The standard InChI is InChI=1S/C9H11F2NO2S2/c10-9(11,6-13)5-12-7(14)4-16-8-2-1-3-15-8/h1-3,13H,4-6H2,(H,12,14). The normalized spacial score (nSPS) is 11.4. The molecule has 3 nitrogen and oxygen atoms in total. The van der Waals surface area contributed by atoms with E-state index in [0.29, 0.717) is 0 Å². The van der Waals surface area contributed by atoms with Crippen molar-refractivity contribution in [3.05, 3.63) is 17.5 Å². The van der Waals surface area contributed by atoms with Crippen LogP contribution in [-0.2, 0) is 4.79 Å². The predicted molar refractivity (Wildman–Crippen MR) is 60.1 cm³/mol. The largest absolute Gasteiger partial charge is 0.390 e. The Morgan fingerprint density at radius 2 is 2.38 bits per heavy atom. The van der Waals surface area contributed by atoms with Gasteiger partial charge in [-0.25, -0.2) is 8.78 Å². The molecule has 0 unspecified atom stereocenters. The molecule has 0 aliphatic carbocycles. The Bertz CT molecular complexity index is 330. The van der Waals surface area contributed by atoms with Crippen molar-refractivity contribution in [2.45, 2.75) is 10.1 Å². The maximum absolute atomic E-state index is 12.6. The molecule has 1 amide bonds. The molecule has 0 atom stereocenters. The number of thiophene rings is 1. The van der Waals surface area contributed by atoms with Gasteiger partial charge in [-0.2, -0.15) is 0 Å². The maximum atomic E-state index is 12.6. The molecule has 0 fully saturated rings. The maximum Gasteiger partial charge on any atom is 0.287 e. The minimum Gasteiger partial charge on any atom is -0.390 e. The lowest BCUT2D eigenvalue weighted by Gasteiger charge is -2.13. The molecule has 0 spiro atoms. The molecule has 1 heterocycles. The van der Waals surface area contributed by atoms with Crippen LogP contribution in [0.2, 0.25) is 0 Å². The van der Waals surface area contributed by atoms with Crippen LogP contribution in [0.5, 0.6) is 0 Å². The van der Waals surface area contributed by atoms with Crippen LogP contribution in [0.3, 0.4) is 0 Å². The Hall–Kier alpha value is -0.660. The molecule has 7 heteroatoms. The zero-order valence-electron chi connectivity index (χ0n) is 8.28. The summed E-state index contributed by atoms with van der Waals surface area (Å²) < 4.78 is 26.1. The number of alkyl halides is 2. The molecule has 0 saturated carbocycles. The lowest BCUT2D eigenvalue weighted by atomic mass is 10.3. The third-order valence-corrected chi connectivity index (χ3v) is 3.75. The average Bonchev–Trinajstić information content (AvgIpc) is 2.76. The Morgan fingerprint density at radius 1 is 1.62 bits per heavy atom. The van der Waals surface area contributed by atoms with E-state index in [1.54, 1.807) is 0 Å². The molecule has 0 aliphatic rings. The zero-order chi connectivity index (χ0) is 12.0. The van der Waals surface area contributed by atoms with Gasteiger partial charge in [0.05, 0.1) is 16.5 Å². The molecule has 16 heavy (non-hydrogen) atoms. The first-order valence-electron chi connectivity index (χ1n) is 4.45. The van der Waals surface area contributed by atoms with E-state index in [2.05, 4.69) is 5.32 Å². The Balaban J connectivity index is 2.21. The van der Waals surface area contributed by atoms with Crippen LogP contribution >= 0.6 is 23.1 Å². The third kappa shape index (κ3) is 4.91. The van der Waals surface area contributed by atoms with Gasteiger partial charge in [0.15, 0.2) is 0 Å². The van der Waals surface area contributed by atoms with Gasteiger partial charge in [0.1, 0.15) is 6.61 Å². The summed E-state index contributed by atoms with van der Waals surface area (Å²) in [5, 5.41) is 12.2. The van der Waals surface area contributed by atoms with Crippen LogP contribution in [-0.4, -0.2) is 35.8 Å². The Morgan fingerprint density at radius 3 is 2.94 bits per heavy atom. The van der Waals surface area contributed by atoms with Crippen molar-refractivity contribution < 1.29 is 18.7 Å². The molecule has 0 saturated heterocycles. The minimum absolute atomic E-state index is 0.0992. The molecule has 0 aromatic carbocycles. The first-order valence-corrected chi connectivity index (χ1v) is 6.32. The van der Waals surface area contributed by atoms with E-state index in [4.69, 9.17) is 5.11 Å². The number of nitrogens with one attached hydrogen (secondary N) is 1. The molecular formula is C9H11F2NO2S2. The molecule has 0 aliphatic heterocycles. The highest BCUT2D eigenvalue weighted by atomic mass is 32.2. The molecule has 1 aromatic rings. The molecule has 0 radical (unpaired) electrons. The number of hydrogen-bond acceptors (Lipinski definition) is 4. The zero-order valence-corrected chi connectivity index (χ0v) is 9.91. The number of aliphatic hydroxyl groups excluding tert-OH is 1. The molecule has 0 bridgehead atoms. The molecular weight excluding hydrogens is 256 g/mol. The van der Waals surface area contributed by atoms with Crippen molar-refractivity contribution in [3.63, 3.8) is 0 Å². The molecule has 1 aromatic heterocycles. The van der Waals surface area contributed by atoms with Gasteiger partial charge in [0, 0.05) is 0 Å². The molecule has 90 valence electrons. The van der Waals surface area contributed by atoms with Crippen LogP contribution in [0.4, 0.5) is 8.78 Å². The van der Waals surface area contributed by atoms with Gasteiger partial charge in [-0.1, -0.05) is 6.07 Å². The van der Waals surface area contributed by atoms with Crippen molar-refractivity contribution in [2.75, 3.05) is 18.9 Å². The summed E-state index contributed by atoms with van der Waals surface area (Å²) in [7, 11) is 0. The second-order valence-corrected chi connectivity index (χ2v) is 5.23. The second kappa shape index (κ2) is 6.17. The van der Waals surface area contributed by atoms with Crippen molar-refractivity contribution in [3.8, 4) is 0 Å². The quantitative estimate of drug-likeness (QED) is 0.769. The van der Waals surface area contributed by atoms with Crippen LogP contribution < -0.4 is 5.32 Å². The van der Waals surface area contributed by atoms with E-state index in [-0.39, 0.29) is 5.75 Å². The van der Waals surface area contributed by atoms with E-state index < -0.39 is 25.0 Å². The first kappa shape index (κ1) is 13.4. The van der Waals surface area contributed by atoms with Gasteiger partial charge >= 0.3 is 0 Å². The minimum atomic E-state index is -3.25. The highest BCUT2D eigenvalue weighted by molar-refractivity contribution is 8.01. The number of halogens is 2. The third-order valence-electron chi connectivity index (χ3n) is 1.62. The van der Waals surface area contributed by atoms with Gasteiger partial charge in [-0.3, -0.25) is 4.79 Å². The SMILES string of the molecule is O=C(CSc1cccs1)NCC(F)(F)CO. The monoisotopic (exact) mass is 267 g/mol. The molecule has 2 N–H and O–H groups in total. The number of carbonyl (C=O) groups is 1. The summed E-state index contributed by atoms with van der Waals surface area (Å²) in [6.07, 6.45) is 0. The summed E-state index contributed by atoms with van der Waals surface area (Å²) in [4.78, 5) is 11.2. The summed E-state index contributed by atoms with van der Waals surface area (Å²) in [5.41, 5.74) is 0. The van der Waals surface area contributed by atoms with E-state index in [9.17, 15) is 13.6 Å². The number of rotatable bonds is 6. The summed E-state index contributed by atoms with van der Waals surface area (Å²) in [6.45, 7) is -2.08. The fourth-order valence-electron chi connectivity index (χ4n) is 0.817. The van der Waals surface area contributed by atoms with Gasteiger partial charge in [0.25, 0.3) is 5.92 Å². The van der Waals surface area contributed by atoms with Crippen LogP contribution in [0.25, 0.3) is 0 Å². The smallest absolute Gasteiger partial charge is 0.287 e. The fourth-order valence-corrected chi connectivity index (χ4v) is 2.43. The average molecular weight is 267 g/mol. The summed E-state index contributed by atoms with van der Waals surface area (Å²) >= 11 is 2.78. The van der Waals surface area contributed by atoms with Crippen LogP contribution in [0.15, 0.2) is 21.7 Å². The predicted octanol–water partition coefficient (Wildman–Crippen LogP) is 1.58. The van der Waals surface area contributed by atoms with Crippen molar-refractivity contribution in [2.24, 2.45) is 0 Å². The van der Waals surface area contributed by atoms with Crippen LogP contribution in [0.1, 0.15) is 0 Å². The van der Waals surface area contributed by atoms with Crippen molar-refractivity contribution in [1.82, 2.24) is 5.32 Å². The van der Waals surface area contributed by atoms with Crippen molar-refractivity contribution in [1.29, 1.82) is 0 Å². The lowest BCUT2D eigenvalue weighted by molar-refractivity contribution is -0.121. The van der Waals surface area contributed by atoms with Crippen LogP contribution in [0, 0.1) is 0 Å². The number of thioether (sulfide) groups is 1. The Labute approximate surface area is 99.9 Å². The highest BCUT2D eigenvalue weighted by Gasteiger charge is 2.27. The number of aliphatic hydroxyl groups is 1. The first-order chi connectivity index (χ1) is 7.53. The fraction of sp³-hybridized carbons (Fsp3) is 0.444. The van der Waals surface area contributed by atoms with E-state index in [1.165, 1.54) is 23.1 Å². The topological polar surface area (TPSA) is 49.3 Å². The molecule has 1 rings (SSSR count). The van der Waals surface area contributed by atoms with E-state index >= 15 is 0 Å². The summed E-state index contributed by atoms with van der Waals surface area (Å²) in [6, 6.07) is 3.70. The number of amides is 1. The van der Waals surface area contributed by atoms with Gasteiger partial charge in [-0.15, -0.1) is 23.1 Å².